The van der Waals surface area contributed by atoms with Crippen molar-refractivity contribution in [1.82, 2.24) is 0 Å². The molecule has 0 aliphatic rings. The van der Waals surface area contributed by atoms with E-state index in [2.05, 4.69) is 12.1 Å². The van der Waals surface area contributed by atoms with Crippen molar-refractivity contribution in [3.8, 4) is 5.75 Å². The summed E-state index contributed by atoms with van der Waals surface area (Å²) in [7, 11) is 0. The molecule has 1 rings (SSSR count). The minimum absolute atomic E-state index is 0.233. The van der Waals surface area contributed by atoms with Crippen molar-refractivity contribution in [3.05, 3.63) is 29.8 Å². The van der Waals surface area contributed by atoms with Gasteiger partial charge in [-0.15, -0.1) is 0 Å². The van der Waals surface area contributed by atoms with E-state index in [1.54, 1.807) is 24.3 Å². The molecule has 3 heteroatoms. The summed E-state index contributed by atoms with van der Waals surface area (Å²) < 4.78 is 0. The van der Waals surface area contributed by atoms with E-state index < -0.39 is 0 Å². The Morgan fingerprint density at radius 2 is 1.53 bits per heavy atom. The average Bonchev–Trinajstić information content (AvgIpc) is 2.43. The van der Waals surface area contributed by atoms with Crippen LogP contribution in [0.2, 0.25) is 0 Å². The lowest BCUT2D eigenvalue weighted by atomic mass is 10.0. The summed E-state index contributed by atoms with van der Waals surface area (Å²) in [6, 6.07) is 6.80. The average molecular weight is 263 g/mol. The molecule has 106 valence electrons. The lowest BCUT2D eigenvalue weighted by molar-refractivity contribution is 0.317. The molecule has 0 saturated heterocycles. The molecule has 0 radical (unpaired) electrons. The zero-order valence-electron chi connectivity index (χ0n) is 11.8. The lowest BCUT2D eigenvalue weighted by Gasteiger charge is -2.05. The van der Waals surface area contributed by atoms with E-state index in [9.17, 15) is 5.11 Å². The first-order valence-corrected chi connectivity index (χ1v) is 7.28. The number of aromatic hydroxyl groups is 1. The first-order chi connectivity index (χ1) is 9.27. The number of hydrogen-bond donors (Lipinski definition) is 2. The molecule has 0 fully saturated rings. The fraction of sp³-hybridized carbons (Fsp3) is 0.562. The molecule has 0 bridgehead atoms. The van der Waals surface area contributed by atoms with Gasteiger partial charge >= 0.3 is 0 Å². The van der Waals surface area contributed by atoms with Gasteiger partial charge in [-0.25, -0.2) is 0 Å². The fourth-order valence-corrected chi connectivity index (χ4v) is 2.16. The van der Waals surface area contributed by atoms with Gasteiger partial charge in [-0.3, -0.25) is 0 Å². The molecule has 0 aliphatic heterocycles. The number of phenolic OH excluding ortho intramolecular Hbond substituents is 1. The van der Waals surface area contributed by atoms with E-state index in [0.717, 1.165) is 18.4 Å². The number of unbranched alkanes of at least 4 members (excludes halogenated alkanes) is 6. The van der Waals surface area contributed by atoms with Crippen LogP contribution in [0, 0.1) is 0 Å². The van der Waals surface area contributed by atoms with Gasteiger partial charge in [-0.05, 0) is 42.7 Å². The molecule has 1 aromatic rings. The summed E-state index contributed by atoms with van der Waals surface area (Å²) in [6.07, 6.45) is 9.52. The largest absolute Gasteiger partial charge is 0.508 e. The second-order valence-corrected chi connectivity index (χ2v) is 4.96. The van der Waals surface area contributed by atoms with E-state index >= 15 is 0 Å². The summed E-state index contributed by atoms with van der Waals surface area (Å²) in [5, 5.41) is 21.6. The summed E-state index contributed by atoms with van der Waals surface area (Å²) in [5.74, 6) is 0.233. The normalized spacial score (nSPS) is 11.7. The molecule has 0 heterocycles. The highest BCUT2D eigenvalue weighted by molar-refractivity contribution is 6.00. The van der Waals surface area contributed by atoms with Crippen molar-refractivity contribution in [2.75, 3.05) is 0 Å². The zero-order valence-corrected chi connectivity index (χ0v) is 11.8. The minimum atomic E-state index is 0.233. The van der Waals surface area contributed by atoms with Crippen LogP contribution in [0.4, 0.5) is 0 Å². The monoisotopic (exact) mass is 263 g/mol. The summed E-state index contributed by atoms with van der Waals surface area (Å²) in [4.78, 5) is 0. The van der Waals surface area contributed by atoms with Crippen molar-refractivity contribution in [2.24, 2.45) is 5.16 Å². The van der Waals surface area contributed by atoms with Gasteiger partial charge in [-0.2, -0.15) is 0 Å². The highest BCUT2D eigenvalue weighted by Gasteiger charge is 2.04. The van der Waals surface area contributed by atoms with Crippen LogP contribution < -0.4 is 0 Å². The maximum absolute atomic E-state index is 9.23. The van der Waals surface area contributed by atoms with Gasteiger partial charge < -0.3 is 10.3 Å². The van der Waals surface area contributed by atoms with Crippen LogP contribution in [0.5, 0.6) is 5.75 Å². The van der Waals surface area contributed by atoms with Crippen LogP contribution in [-0.2, 0) is 0 Å². The smallest absolute Gasteiger partial charge is 0.115 e. The van der Waals surface area contributed by atoms with E-state index in [-0.39, 0.29) is 5.75 Å². The zero-order chi connectivity index (χ0) is 13.9. The Hall–Kier alpha value is -1.51. The fourth-order valence-electron chi connectivity index (χ4n) is 2.16. The molecule has 0 aromatic heterocycles. The minimum Gasteiger partial charge on any atom is -0.508 e. The third kappa shape index (κ3) is 6.27. The first-order valence-electron chi connectivity index (χ1n) is 7.28. The molecule has 19 heavy (non-hydrogen) atoms. The Morgan fingerprint density at radius 1 is 0.947 bits per heavy atom. The Balaban J connectivity index is 2.25. The molecule has 0 aliphatic carbocycles. The molecular formula is C16H25NO2. The molecule has 0 saturated carbocycles. The predicted molar refractivity (Wildman–Crippen MR) is 79.0 cm³/mol. The van der Waals surface area contributed by atoms with Gasteiger partial charge in [0, 0.05) is 0 Å². The van der Waals surface area contributed by atoms with Crippen molar-refractivity contribution >= 4 is 5.71 Å². The first kappa shape index (κ1) is 15.5. The Kier molecular flexibility index (Phi) is 7.71. The Morgan fingerprint density at radius 3 is 2.11 bits per heavy atom. The van der Waals surface area contributed by atoms with Gasteiger partial charge in [0.25, 0.3) is 0 Å². The van der Waals surface area contributed by atoms with Gasteiger partial charge in [0.05, 0.1) is 5.71 Å². The topological polar surface area (TPSA) is 52.8 Å². The van der Waals surface area contributed by atoms with Crippen LogP contribution >= 0.6 is 0 Å². The number of nitrogens with zero attached hydrogens (tertiary/aromatic N) is 1. The Labute approximate surface area is 116 Å². The second-order valence-electron chi connectivity index (χ2n) is 4.96. The standard InChI is InChI=1S/C16H25NO2/c1-2-3-4-5-6-7-8-9-16(17-19)14-10-12-15(18)13-11-14/h10-13,18-19H,2-9H2,1H3/b17-16-. The van der Waals surface area contributed by atoms with E-state index in [1.807, 2.05) is 0 Å². The molecule has 0 unspecified atom stereocenters. The van der Waals surface area contributed by atoms with Crippen LogP contribution in [-0.4, -0.2) is 16.0 Å². The maximum Gasteiger partial charge on any atom is 0.115 e. The van der Waals surface area contributed by atoms with Gasteiger partial charge in [-0.1, -0.05) is 50.6 Å². The van der Waals surface area contributed by atoms with Crippen molar-refractivity contribution < 1.29 is 10.3 Å². The maximum atomic E-state index is 9.23. The molecule has 2 N–H and O–H groups in total. The van der Waals surface area contributed by atoms with Crippen LogP contribution in [0.15, 0.2) is 29.4 Å². The molecule has 3 nitrogen and oxygen atoms in total. The molecular weight excluding hydrogens is 238 g/mol. The van der Waals surface area contributed by atoms with Crippen LogP contribution in [0.25, 0.3) is 0 Å². The number of phenols is 1. The van der Waals surface area contributed by atoms with Crippen LogP contribution in [0.3, 0.4) is 0 Å². The van der Waals surface area contributed by atoms with Crippen molar-refractivity contribution in [3.63, 3.8) is 0 Å². The SMILES string of the molecule is CCCCCCCCC/C(=N/O)c1ccc(O)cc1. The van der Waals surface area contributed by atoms with Gasteiger partial charge in [0.15, 0.2) is 0 Å². The van der Waals surface area contributed by atoms with Crippen LogP contribution in [0.1, 0.15) is 63.9 Å². The molecule has 0 spiro atoms. The number of hydrogen-bond acceptors (Lipinski definition) is 3. The highest BCUT2D eigenvalue weighted by atomic mass is 16.4. The van der Waals surface area contributed by atoms with Crippen molar-refractivity contribution in [2.45, 2.75) is 58.3 Å². The van der Waals surface area contributed by atoms with Gasteiger partial charge in [0.1, 0.15) is 5.75 Å². The van der Waals surface area contributed by atoms with Gasteiger partial charge in [0.2, 0.25) is 0 Å². The number of benzene rings is 1. The number of rotatable bonds is 9. The lowest BCUT2D eigenvalue weighted by Crippen LogP contribution is -2.00. The third-order valence-electron chi connectivity index (χ3n) is 3.34. The third-order valence-corrected chi connectivity index (χ3v) is 3.34. The quantitative estimate of drug-likeness (QED) is 0.293. The summed E-state index contributed by atoms with van der Waals surface area (Å²) >= 11 is 0. The molecule has 1 aromatic carbocycles. The second kappa shape index (κ2) is 9.42. The predicted octanol–water partition coefficient (Wildman–Crippen LogP) is 4.71. The highest BCUT2D eigenvalue weighted by Crippen LogP contribution is 2.15. The van der Waals surface area contributed by atoms with Crippen molar-refractivity contribution in [1.29, 1.82) is 0 Å². The summed E-state index contributed by atoms with van der Waals surface area (Å²) in [6.45, 7) is 2.22. The number of oxime groups is 1. The Bertz CT molecular complexity index is 371. The van der Waals surface area contributed by atoms with E-state index in [1.165, 1.54) is 38.5 Å². The van der Waals surface area contributed by atoms with E-state index in [4.69, 9.17) is 5.21 Å². The summed E-state index contributed by atoms with van der Waals surface area (Å²) in [5.41, 5.74) is 1.58. The molecule has 0 atom stereocenters. The van der Waals surface area contributed by atoms with E-state index in [0.29, 0.717) is 5.71 Å². The molecule has 0 amide bonds.